The third kappa shape index (κ3) is 1.61. The number of hydrogen-bond donors (Lipinski definition) is 1. The molecule has 1 aromatic rings. The van der Waals surface area contributed by atoms with E-state index in [1.165, 1.54) is 5.56 Å². The van der Waals surface area contributed by atoms with E-state index in [0.29, 0.717) is 6.61 Å². The van der Waals surface area contributed by atoms with Gasteiger partial charge in [-0.2, -0.15) is 0 Å². The fourth-order valence-corrected chi connectivity index (χ4v) is 2.60. The second-order valence-electron chi connectivity index (χ2n) is 5.26. The first-order valence-corrected chi connectivity index (χ1v) is 5.90. The van der Waals surface area contributed by atoms with E-state index in [0.717, 1.165) is 12.2 Å². The average Bonchev–Trinajstić information content (AvgIpc) is 2.84. The molecular weight excluding hydrogens is 200 g/mol. The largest absolute Gasteiger partial charge is 0.494 e. The van der Waals surface area contributed by atoms with Gasteiger partial charge in [-0.25, -0.2) is 0 Å². The molecule has 2 nitrogen and oxygen atoms in total. The molecule has 0 saturated heterocycles. The maximum absolute atomic E-state index is 9.59. The molecule has 1 N–H and O–H groups in total. The van der Waals surface area contributed by atoms with Crippen LogP contribution >= 0.6 is 0 Å². The van der Waals surface area contributed by atoms with E-state index in [-0.39, 0.29) is 17.4 Å². The standard InChI is InChI=1S/C14H20O2/c1-4-16-12-7-5-11(6-8-12)14(10-15)9-13(14,2)3/h5-8,15H,4,9-10H2,1-3H3. The van der Waals surface area contributed by atoms with Gasteiger partial charge >= 0.3 is 0 Å². The zero-order valence-corrected chi connectivity index (χ0v) is 10.3. The fraction of sp³-hybridized carbons (Fsp3) is 0.571. The van der Waals surface area contributed by atoms with Crippen LogP contribution in [0, 0.1) is 5.41 Å². The first-order valence-electron chi connectivity index (χ1n) is 5.90. The molecule has 2 heteroatoms. The van der Waals surface area contributed by atoms with Gasteiger partial charge < -0.3 is 9.84 Å². The highest BCUT2D eigenvalue weighted by Crippen LogP contribution is 2.63. The molecule has 0 heterocycles. The normalized spacial score (nSPS) is 26.5. The van der Waals surface area contributed by atoms with Crippen molar-refractivity contribution >= 4 is 0 Å². The lowest BCUT2D eigenvalue weighted by Gasteiger charge is -2.18. The van der Waals surface area contributed by atoms with E-state index in [9.17, 15) is 5.11 Å². The number of ether oxygens (including phenoxy) is 1. The Hall–Kier alpha value is -1.02. The molecule has 1 aromatic carbocycles. The Bertz CT molecular complexity index is 367. The molecule has 0 spiro atoms. The van der Waals surface area contributed by atoms with Crippen molar-refractivity contribution in [1.82, 2.24) is 0 Å². The zero-order valence-electron chi connectivity index (χ0n) is 10.3. The minimum absolute atomic E-state index is 0.0300. The molecule has 88 valence electrons. The maximum Gasteiger partial charge on any atom is 0.119 e. The van der Waals surface area contributed by atoms with Crippen LogP contribution in [0.2, 0.25) is 0 Å². The van der Waals surface area contributed by atoms with Crippen molar-refractivity contribution in [1.29, 1.82) is 0 Å². The van der Waals surface area contributed by atoms with E-state index in [1.54, 1.807) is 0 Å². The minimum atomic E-state index is -0.0300. The smallest absolute Gasteiger partial charge is 0.119 e. The molecule has 0 bridgehead atoms. The Labute approximate surface area is 97.3 Å². The summed E-state index contributed by atoms with van der Waals surface area (Å²) in [6.07, 6.45) is 1.06. The van der Waals surface area contributed by atoms with Gasteiger partial charge in [0.1, 0.15) is 5.75 Å². The van der Waals surface area contributed by atoms with Crippen molar-refractivity contribution in [2.45, 2.75) is 32.6 Å². The number of aliphatic hydroxyl groups is 1. The fourth-order valence-electron chi connectivity index (χ4n) is 2.60. The van der Waals surface area contributed by atoms with Gasteiger partial charge in [-0.1, -0.05) is 26.0 Å². The Kier molecular flexibility index (Phi) is 2.70. The zero-order chi connectivity index (χ0) is 11.8. The van der Waals surface area contributed by atoms with Crippen LogP contribution in [0.4, 0.5) is 0 Å². The molecule has 0 amide bonds. The van der Waals surface area contributed by atoms with Gasteiger partial charge in [-0.3, -0.25) is 0 Å². The topological polar surface area (TPSA) is 29.5 Å². The Morgan fingerprint density at radius 3 is 2.19 bits per heavy atom. The lowest BCUT2D eigenvalue weighted by molar-refractivity contribution is 0.231. The maximum atomic E-state index is 9.59. The quantitative estimate of drug-likeness (QED) is 0.845. The van der Waals surface area contributed by atoms with Gasteiger partial charge in [-0.15, -0.1) is 0 Å². The molecule has 1 fully saturated rings. The number of aliphatic hydroxyl groups excluding tert-OH is 1. The summed E-state index contributed by atoms with van der Waals surface area (Å²) in [6.45, 7) is 7.32. The molecule has 0 radical (unpaired) electrons. The summed E-state index contributed by atoms with van der Waals surface area (Å²) in [6, 6.07) is 8.14. The molecule has 2 rings (SSSR count). The Morgan fingerprint density at radius 2 is 1.81 bits per heavy atom. The van der Waals surface area contributed by atoms with E-state index < -0.39 is 0 Å². The van der Waals surface area contributed by atoms with E-state index >= 15 is 0 Å². The van der Waals surface area contributed by atoms with Crippen molar-refractivity contribution in [2.75, 3.05) is 13.2 Å². The SMILES string of the molecule is CCOc1ccc(C2(CO)CC2(C)C)cc1. The van der Waals surface area contributed by atoms with Crippen molar-refractivity contribution < 1.29 is 9.84 Å². The van der Waals surface area contributed by atoms with Crippen molar-refractivity contribution in [3.63, 3.8) is 0 Å². The average molecular weight is 220 g/mol. The second kappa shape index (κ2) is 3.77. The Morgan fingerprint density at radius 1 is 1.25 bits per heavy atom. The summed E-state index contributed by atoms with van der Waals surface area (Å²) in [5.74, 6) is 0.901. The number of benzene rings is 1. The molecule has 0 aliphatic heterocycles. The molecule has 0 aromatic heterocycles. The van der Waals surface area contributed by atoms with E-state index in [4.69, 9.17) is 4.74 Å². The molecule has 1 saturated carbocycles. The van der Waals surface area contributed by atoms with Gasteiger partial charge in [0.15, 0.2) is 0 Å². The van der Waals surface area contributed by atoms with Crippen LogP contribution in [0.5, 0.6) is 5.75 Å². The molecule has 1 unspecified atom stereocenters. The van der Waals surface area contributed by atoms with Gasteiger partial charge in [-0.05, 0) is 36.5 Å². The predicted octanol–water partition coefficient (Wildman–Crippen LogP) is 2.75. The third-order valence-corrected chi connectivity index (χ3v) is 3.90. The van der Waals surface area contributed by atoms with Crippen LogP contribution in [0.15, 0.2) is 24.3 Å². The first-order chi connectivity index (χ1) is 7.55. The van der Waals surface area contributed by atoms with Crippen LogP contribution < -0.4 is 4.74 Å². The van der Waals surface area contributed by atoms with Gasteiger partial charge in [0.05, 0.1) is 13.2 Å². The van der Waals surface area contributed by atoms with E-state index in [2.05, 4.69) is 26.0 Å². The number of hydrogen-bond acceptors (Lipinski definition) is 2. The van der Waals surface area contributed by atoms with Crippen LogP contribution in [-0.4, -0.2) is 18.3 Å². The summed E-state index contributed by atoms with van der Waals surface area (Å²) in [7, 11) is 0. The van der Waals surface area contributed by atoms with Crippen molar-refractivity contribution in [3.05, 3.63) is 29.8 Å². The third-order valence-electron chi connectivity index (χ3n) is 3.90. The molecule has 16 heavy (non-hydrogen) atoms. The molecule has 1 atom stereocenters. The van der Waals surface area contributed by atoms with Crippen LogP contribution in [-0.2, 0) is 5.41 Å². The summed E-state index contributed by atoms with van der Waals surface area (Å²) in [4.78, 5) is 0. The summed E-state index contributed by atoms with van der Waals surface area (Å²) in [5, 5.41) is 9.59. The summed E-state index contributed by atoms with van der Waals surface area (Å²) in [5.41, 5.74) is 1.41. The second-order valence-corrected chi connectivity index (χ2v) is 5.26. The highest BCUT2D eigenvalue weighted by molar-refractivity contribution is 5.40. The van der Waals surface area contributed by atoms with Gasteiger partial charge in [0.25, 0.3) is 0 Å². The monoisotopic (exact) mass is 220 g/mol. The molecule has 1 aliphatic carbocycles. The highest BCUT2D eigenvalue weighted by Gasteiger charge is 2.61. The van der Waals surface area contributed by atoms with Gasteiger partial charge in [0.2, 0.25) is 0 Å². The van der Waals surface area contributed by atoms with Crippen LogP contribution in [0.1, 0.15) is 32.8 Å². The predicted molar refractivity (Wildman–Crippen MR) is 64.8 cm³/mol. The van der Waals surface area contributed by atoms with Crippen molar-refractivity contribution in [2.24, 2.45) is 5.41 Å². The lowest BCUT2D eigenvalue weighted by Crippen LogP contribution is -2.19. The minimum Gasteiger partial charge on any atom is -0.494 e. The lowest BCUT2D eigenvalue weighted by atomic mass is 9.89. The van der Waals surface area contributed by atoms with E-state index in [1.807, 2.05) is 19.1 Å². The number of rotatable bonds is 4. The first kappa shape index (κ1) is 11.5. The Balaban J connectivity index is 2.22. The van der Waals surface area contributed by atoms with Crippen LogP contribution in [0.3, 0.4) is 0 Å². The van der Waals surface area contributed by atoms with Crippen LogP contribution in [0.25, 0.3) is 0 Å². The van der Waals surface area contributed by atoms with Crippen molar-refractivity contribution in [3.8, 4) is 5.75 Å². The highest BCUT2D eigenvalue weighted by atomic mass is 16.5. The molecule has 1 aliphatic rings. The molecular formula is C14H20O2. The summed E-state index contributed by atoms with van der Waals surface area (Å²) < 4.78 is 5.42. The summed E-state index contributed by atoms with van der Waals surface area (Å²) >= 11 is 0. The van der Waals surface area contributed by atoms with Gasteiger partial charge in [0, 0.05) is 5.41 Å².